The van der Waals surface area contributed by atoms with E-state index in [1.165, 1.54) is 0 Å². The molecular weight excluding hydrogens is 444 g/mol. The molecule has 184 valence electrons. The summed E-state index contributed by atoms with van der Waals surface area (Å²) in [6, 6.07) is 10.8. The number of hydrogen-bond donors (Lipinski definition) is 0. The predicted octanol–water partition coefficient (Wildman–Crippen LogP) is 4.73. The third-order valence-electron chi connectivity index (χ3n) is 7.81. The van der Waals surface area contributed by atoms with Gasteiger partial charge >= 0.3 is 11.9 Å². The van der Waals surface area contributed by atoms with Crippen molar-refractivity contribution in [2.75, 3.05) is 13.2 Å². The molecule has 35 heavy (non-hydrogen) atoms. The van der Waals surface area contributed by atoms with Crippen molar-refractivity contribution in [3.8, 4) is 0 Å². The van der Waals surface area contributed by atoms with Crippen molar-refractivity contribution in [1.82, 2.24) is 0 Å². The van der Waals surface area contributed by atoms with Gasteiger partial charge in [-0.25, -0.2) is 0 Å². The first kappa shape index (κ1) is 24.8. The zero-order valence-electron chi connectivity index (χ0n) is 20.8. The Balaban J connectivity index is 1.37. The second-order valence-corrected chi connectivity index (χ2v) is 10.0. The number of carbonyl (C=O) groups excluding carboxylic acids is 4. The van der Waals surface area contributed by atoms with Crippen molar-refractivity contribution in [3.05, 3.63) is 69.8 Å². The number of ether oxygens (including phenoxy) is 2. The van der Waals surface area contributed by atoms with Gasteiger partial charge in [0.1, 0.15) is 0 Å². The van der Waals surface area contributed by atoms with Crippen LogP contribution in [0.5, 0.6) is 0 Å². The second-order valence-electron chi connectivity index (χ2n) is 10.0. The van der Waals surface area contributed by atoms with Crippen molar-refractivity contribution in [3.63, 3.8) is 0 Å². The summed E-state index contributed by atoms with van der Waals surface area (Å²) in [6.45, 7) is 7.06. The number of carbonyl (C=O) groups is 4. The zero-order chi connectivity index (χ0) is 25.3. The monoisotopic (exact) mass is 476 g/mol. The molecule has 6 nitrogen and oxygen atoms in total. The summed E-state index contributed by atoms with van der Waals surface area (Å²) in [6.07, 6.45) is 2.46. The molecular formula is C29H32O6. The fourth-order valence-corrected chi connectivity index (χ4v) is 5.43. The van der Waals surface area contributed by atoms with E-state index in [-0.39, 0.29) is 36.6 Å². The fourth-order valence-electron chi connectivity index (χ4n) is 5.43. The smallest absolute Gasteiger partial charge is 0.310 e. The lowest BCUT2D eigenvalue weighted by molar-refractivity contribution is -0.162. The molecule has 2 fully saturated rings. The topological polar surface area (TPSA) is 86.7 Å². The molecule has 0 spiro atoms. The van der Waals surface area contributed by atoms with Crippen LogP contribution < -0.4 is 0 Å². The van der Waals surface area contributed by atoms with Gasteiger partial charge in [-0.3, -0.25) is 19.2 Å². The minimum Gasteiger partial charge on any atom is -0.457 e. The Kier molecular flexibility index (Phi) is 7.20. The maximum absolute atomic E-state index is 13.0. The molecule has 2 aliphatic rings. The molecule has 4 rings (SSSR count). The second kappa shape index (κ2) is 10.1. The highest BCUT2D eigenvalue weighted by molar-refractivity contribution is 5.99. The van der Waals surface area contributed by atoms with E-state index < -0.39 is 23.8 Å². The van der Waals surface area contributed by atoms with E-state index in [4.69, 9.17) is 9.47 Å². The number of ketones is 2. The maximum atomic E-state index is 13.0. The molecule has 2 aliphatic carbocycles. The number of benzene rings is 2. The van der Waals surface area contributed by atoms with Crippen molar-refractivity contribution in [2.45, 2.75) is 47.0 Å². The summed E-state index contributed by atoms with van der Waals surface area (Å²) < 4.78 is 10.8. The largest absolute Gasteiger partial charge is 0.457 e. The summed E-state index contributed by atoms with van der Waals surface area (Å²) in [5.74, 6) is -2.80. The van der Waals surface area contributed by atoms with Gasteiger partial charge in [-0.2, -0.15) is 0 Å². The van der Waals surface area contributed by atoms with Crippen molar-refractivity contribution < 1.29 is 28.7 Å². The van der Waals surface area contributed by atoms with Gasteiger partial charge in [-0.1, -0.05) is 24.3 Å². The molecule has 2 bridgehead atoms. The molecule has 0 aromatic heterocycles. The Bertz CT molecular complexity index is 1090. The van der Waals surface area contributed by atoms with Crippen LogP contribution in [0.1, 0.15) is 62.2 Å². The van der Waals surface area contributed by atoms with Crippen LogP contribution in [0.2, 0.25) is 0 Å². The predicted molar refractivity (Wildman–Crippen MR) is 130 cm³/mol. The van der Waals surface area contributed by atoms with Crippen LogP contribution in [-0.2, 0) is 19.1 Å². The quantitative estimate of drug-likeness (QED) is 0.404. The lowest BCUT2D eigenvalue weighted by Crippen LogP contribution is -2.38. The van der Waals surface area contributed by atoms with Gasteiger partial charge in [-0.05, 0) is 93.2 Å². The summed E-state index contributed by atoms with van der Waals surface area (Å²) in [7, 11) is 0. The van der Waals surface area contributed by atoms with Gasteiger partial charge in [0.15, 0.2) is 24.8 Å². The highest BCUT2D eigenvalue weighted by atomic mass is 16.5. The van der Waals surface area contributed by atoms with Gasteiger partial charge in [-0.15, -0.1) is 0 Å². The Labute approximate surface area is 206 Å². The molecule has 0 unspecified atom stereocenters. The molecule has 2 saturated carbocycles. The highest BCUT2D eigenvalue weighted by Gasteiger charge is 2.55. The van der Waals surface area contributed by atoms with Crippen LogP contribution >= 0.6 is 0 Å². The van der Waals surface area contributed by atoms with Crippen molar-refractivity contribution >= 4 is 23.5 Å². The molecule has 0 aliphatic heterocycles. The summed E-state index contributed by atoms with van der Waals surface area (Å²) >= 11 is 0. The zero-order valence-corrected chi connectivity index (χ0v) is 20.8. The van der Waals surface area contributed by atoms with Crippen molar-refractivity contribution in [1.29, 1.82) is 0 Å². The minimum atomic E-state index is -0.634. The highest BCUT2D eigenvalue weighted by Crippen LogP contribution is 2.53. The van der Waals surface area contributed by atoms with E-state index in [9.17, 15) is 19.2 Å². The van der Waals surface area contributed by atoms with E-state index in [1.54, 1.807) is 24.3 Å². The number of aryl methyl sites for hydroxylation is 4. The molecule has 0 radical (unpaired) electrons. The Morgan fingerprint density at radius 1 is 0.657 bits per heavy atom. The first-order chi connectivity index (χ1) is 16.7. The van der Waals surface area contributed by atoms with E-state index in [0.717, 1.165) is 41.5 Å². The Hall–Kier alpha value is -3.28. The van der Waals surface area contributed by atoms with Gasteiger partial charge < -0.3 is 9.47 Å². The Morgan fingerprint density at radius 2 is 1.06 bits per heavy atom. The van der Waals surface area contributed by atoms with Gasteiger partial charge in [0.25, 0.3) is 0 Å². The van der Waals surface area contributed by atoms with Crippen molar-refractivity contribution in [2.24, 2.45) is 23.7 Å². The Morgan fingerprint density at radius 3 is 1.43 bits per heavy atom. The van der Waals surface area contributed by atoms with E-state index in [1.807, 2.05) is 39.8 Å². The molecule has 0 saturated heterocycles. The SMILES string of the molecule is Cc1ccc(C(=O)COC(=O)[C@H]2[C@@H]3CC[C@@H](C3)[C@@H]2C(=O)OCC(=O)c2ccc(C)c(C)c2)cc1C. The fraction of sp³-hybridized carbons (Fsp3) is 0.448. The first-order valence-electron chi connectivity index (χ1n) is 12.2. The van der Waals surface area contributed by atoms with Crippen LogP contribution in [0.25, 0.3) is 0 Å². The van der Waals surface area contributed by atoms with Crippen LogP contribution in [0, 0.1) is 51.4 Å². The number of fused-ring (bicyclic) bond motifs is 2. The number of rotatable bonds is 8. The summed E-state index contributed by atoms with van der Waals surface area (Å²) in [4.78, 5) is 51.1. The van der Waals surface area contributed by atoms with E-state index in [2.05, 4.69) is 0 Å². The molecule has 2 aromatic carbocycles. The normalized spacial score (nSPS) is 22.6. The lowest BCUT2D eigenvalue weighted by Gasteiger charge is -2.27. The number of esters is 2. The molecule has 6 heteroatoms. The summed E-state index contributed by atoms with van der Waals surface area (Å²) in [5.41, 5.74) is 5.14. The molecule has 4 atom stereocenters. The van der Waals surface area contributed by atoms with Gasteiger partial charge in [0.05, 0.1) is 11.8 Å². The van der Waals surface area contributed by atoms with E-state index in [0.29, 0.717) is 11.1 Å². The average molecular weight is 477 g/mol. The molecule has 2 aromatic rings. The molecule has 0 amide bonds. The number of hydrogen-bond acceptors (Lipinski definition) is 6. The average Bonchev–Trinajstić information content (AvgIpc) is 3.46. The van der Waals surface area contributed by atoms with Crippen LogP contribution in [0.4, 0.5) is 0 Å². The van der Waals surface area contributed by atoms with Gasteiger partial charge in [0, 0.05) is 11.1 Å². The summed E-state index contributed by atoms with van der Waals surface area (Å²) in [5, 5.41) is 0. The number of Topliss-reactive ketones (excluding diaryl/α,β-unsaturated/α-hetero) is 2. The van der Waals surface area contributed by atoms with E-state index >= 15 is 0 Å². The van der Waals surface area contributed by atoms with Crippen LogP contribution in [0.3, 0.4) is 0 Å². The van der Waals surface area contributed by atoms with Crippen LogP contribution in [0.15, 0.2) is 36.4 Å². The standard InChI is InChI=1S/C29H32O6/c1-16-5-7-20(11-18(16)3)24(30)14-34-28(32)26-22-9-10-23(13-22)27(26)29(33)35-15-25(31)21-8-6-17(2)19(4)12-21/h5-8,11-12,22-23,26-27H,9-10,13-15H2,1-4H3/t22-,23+,26-,27-/m0/s1. The maximum Gasteiger partial charge on any atom is 0.310 e. The van der Waals surface area contributed by atoms with Crippen LogP contribution in [-0.4, -0.2) is 36.7 Å². The molecule has 0 N–H and O–H groups in total. The molecule has 0 heterocycles. The minimum absolute atomic E-state index is 0.0391. The first-order valence-corrected chi connectivity index (χ1v) is 12.2. The third-order valence-corrected chi connectivity index (χ3v) is 7.81. The lowest BCUT2D eigenvalue weighted by atomic mass is 9.79. The van der Waals surface area contributed by atoms with Gasteiger partial charge in [0.2, 0.25) is 0 Å². The third kappa shape index (κ3) is 5.21.